The average Bonchev–Trinajstić information content (AvgIpc) is 2.37. The molecule has 1 amide bonds. The molecule has 0 aliphatic heterocycles. The van der Waals surface area contributed by atoms with Gasteiger partial charge in [-0.15, -0.1) is 0 Å². The topological polar surface area (TPSA) is 95.9 Å². The zero-order chi connectivity index (χ0) is 15.1. The number of hydrogen-bond donors (Lipinski definition) is 3. The lowest BCUT2D eigenvalue weighted by Crippen LogP contribution is -2.40. The van der Waals surface area contributed by atoms with E-state index in [1.165, 1.54) is 25.3 Å². The van der Waals surface area contributed by atoms with Crippen LogP contribution in [-0.2, 0) is 9.53 Å². The van der Waals surface area contributed by atoms with Crippen molar-refractivity contribution in [1.29, 1.82) is 0 Å². The van der Waals surface area contributed by atoms with Crippen LogP contribution in [0.15, 0.2) is 18.2 Å². The largest absolute Gasteiger partial charge is 0.507 e. The van der Waals surface area contributed by atoms with Crippen LogP contribution in [0.5, 0.6) is 5.75 Å². The van der Waals surface area contributed by atoms with Crippen LogP contribution in [0, 0.1) is 0 Å². The Morgan fingerprint density at radius 3 is 2.70 bits per heavy atom. The summed E-state index contributed by atoms with van der Waals surface area (Å²) in [5.74, 6) is -2.09. The molecule has 0 saturated heterocycles. The first kappa shape index (κ1) is 16.3. The fourth-order valence-corrected chi connectivity index (χ4v) is 1.79. The van der Waals surface area contributed by atoms with Crippen molar-refractivity contribution in [3.8, 4) is 5.75 Å². The predicted molar refractivity (Wildman–Crippen MR) is 73.1 cm³/mol. The van der Waals surface area contributed by atoms with E-state index in [0.29, 0.717) is 13.0 Å². The van der Waals surface area contributed by atoms with E-state index < -0.39 is 17.9 Å². The van der Waals surface area contributed by atoms with Crippen LogP contribution < -0.4 is 5.32 Å². The van der Waals surface area contributed by atoms with Crippen molar-refractivity contribution in [3.63, 3.8) is 0 Å². The van der Waals surface area contributed by atoms with Crippen LogP contribution in [0.25, 0.3) is 0 Å². The summed E-state index contributed by atoms with van der Waals surface area (Å²) in [6.07, 6.45) is 0.740. The molecule has 1 unspecified atom stereocenters. The van der Waals surface area contributed by atoms with E-state index in [-0.39, 0.29) is 22.8 Å². The Kier molecular flexibility index (Phi) is 6.27. The highest BCUT2D eigenvalue weighted by molar-refractivity contribution is 6.30. The van der Waals surface area contributed by atoms with Crippen LogP contribution in [0.4, 0.5) is 0 Å². The van der Waals surface area contributed by atoms with E-state index in [0.717, 1.165) is 0 Å². The standard InChI is InChI=1S/C13H16ClNO5/c1-20-6-2-3-10(13(18)19)15-12(17)9-5-4-8(14)7-11(9)16/h4-5,7,10,16H,2-3,6H2,1H3,(H,15,17)(H,18,19). The lowest BCUT2D eigenvalue weighted by molar-refractivity contribution is -0.139. The molecule has 0 saturated carbocycles. The Morgan fingerprint density at radius 2 is 2.15 bits per heavy atom. The van der Waals surface area contributed by atoms with E-state index in [4.69, 9.17) is 21.4 Å². The Balaban J connectivity index is 2.72. The van der Waals surface area contributed by atoms with Crippen LogP contribution in [0.2, 0.25) is 5.02 Å². The third-order valence-corrected chi connectivity index (χ3v) is 2.88. The first-order chi connectivity index (χ1) is 9.45. The van der Waals surface area contributed by atoms with Crippen molar-refractivity contribution < 1.29 is 24.5 Å². The first-order valence-electron chi connectivity index (χ1n) is 5.96. The molecule has 1 aromatic carbocycles. The molecular weight excluding hydrogens is 286 g/mol. The summed E-state index contributed by atoms with van der Waals surface area (Å²) in [4.78, 5) is 23.0. The van der Waals surface area contributed by atoms with Gasteiger partial charge in [-0.25, -0.2) is 4.79 Å². The summed E-state index contributed by atoms with van der Waals surface area (Å²) >= 11 is 5.66. The molecular formula is C13H16ClNO5. The molecule has 1 aromatic rings. The fraction of sp³-hybridized carbons (Fsp3) is 0.385. The van der Waals surface area contributed by atoms with Crippen molar-refractivity contribution in [1.82, 2.24) is 5.32 Å². The van der Waals surface area contributed by atoms with Gasteiger partial charge in [-0.2, -0.15) is 0 Å². The Morgan fingerprint density at radius 1 is 1.45 bits per heavy atom. The predicted octanol–water partition coefficient (Wildman–Crippen LogP) is 1.66. The summed E-state index contributed by atoms with van der Waals surface area (Å²) in [7, 11) is 1.51. The molecule has 0 bridgehead atoms. The summed E-state index contributed by atoms with van der Waals surface area (Å²) in [5.41, 5.74) is -0.0209. The van der Waals surface area contributed by atoms with Gasteiger partial charge < -0.3 is 20.3 Å². The molecule has 6 nitrogen and oxygen atoms in total. The number of halogens is 1. The van der Waals surface area contributed by atoms with Gasteiger partial charge in [0, 0.05) is 18.7 Å². The minimum Gasteiger partial charge on any atom is -0.507 e. The van der Waals surface area contributed by atoms with Gasteiger partial charge in [0.1, 0.15) is 11.8 Å². The maximum atomic E-state index is 11.9. The van der Waals surface area contributed by atoms with Crippen LogP contribution >= 0.6 is 11.6 Å². The Hall–Kier alpha value is -1.79. The number of aromatic hydroxyl groups is 1. The van der Waals surface area contributed by atoms with E-state index in [9.17, 15) is 14.7 Å². The average molecular weight is 302 g/mol. The lowest BCUT2D eigenvalue weighted by atomic mass is 10.1. The number of ether oxygens (including phenoxy) is 1. The van der Waals surface area contributed by atoms with Gasteiger partial charge in [-0.1, -0.05) is 11.6 Å². The second-order valence-electron chi connectivity index (χ2n) is 4.16. The van der Waals surface area contributed by atoms with Gasteiger partial charge in [0.15, 0.2) is 0 Å². The third kappa shape index (κ3) is 4.71. The molecule has 7 heteroatoms. The number of carbonyl (C=O) groups excluding carboxylic acids is 1. The number of hydrogen-bond acceptors (Lipinski definition) is 4. The van der Waals surface area contributed by atoms with Gasteiger partial charge in [0.05, 0.1) is 5.56 Å². The van der Waals surface area contributed by atoms with E-state index in [2.05, 4.69) is 5.32 Å². The molecule has 0 aliphatic rings. The Labute approximate surface area is 121 Å². The SMILES string of the molecule is COCCCC(NC(=O)c1ccc(Cl)cc1O)C(=O)O. The number of benzene rings is 1. The second kappa shape index (κ2) is 7.72. The molecule has 110 valence electrons. The molecule has 3 N–H and O–H groups in total. The zero-order valence-electron chi connectivity index (χ0n) is 10.9. The first-order valence-corrected chi connectivity index (χ1v) is 6.34. The van der Waals surface area contributed by atoms with Gasteiger partial charge in [0.2, 0.25) is 0 Å². The highest BCUT2D eigenvalue weighted by Gasteiger charge is 2.21. The minimum atomic E-state index is -1.14. The van der Waals surface area contributed by atoms with Crippen molar-refractivity contribution in [2.24, 2.45) is 0 Å². The maximum Gasteiger partial charge on any atom is 0.326 e. The highest BCUT2D eigenvalue weighted by atomic mass is 35.5. The second-order valence-corrected chi connectivity index (χ2v) is 4.60. The number of carboxylic acids is 1. The van der Waals surface area contributed by atoms with E-state index >= 15 is 0 Å². The summed E-state index contributed by atoms with van der Waals surface area (Å²) in [5, 5.41) is 21.3. The molecule has 0 aromatic heterocycles. The molecule has 0 aliphatic carbocycles. The number of methoxy groups -OCH3 is 1. The van der Waals surface area contributed by atoms with Gasteiger partial charge >= 0.3 is 5.97 Å². The number of amides is 1. The minimum absolute atomic E-state index is 0.0209. The number of phenols is 1. The summed E-state index contributed by atoms with van der Waals surface area (Å²) < 4.78 is 4.83. The maximum absolute atomic E-state index is 11.9. The molecule has 0 spiro atoms. The van der Waals surface area contributed by atoms with Crippen molar-refractivity contribution in [3.05, 3.63) is 28.8 Å². The van der Waals surface area contributed by atoms with E-state index in [1.54, 1.807) is 0 Å². The molecule has 0 fully saturated rings. The van der Waals surface area contributed by atoms with Crippen LogP contribution in [0.3, 0.4) is 0 Å². The molecule has 0 radical (unpaired) electrons. The van der Waals surface area contributed by atoms with Gasteiger partial charge in [-0.3, -0.25) is 4.79 Å². The highest BCUT2D eigenvalue weighted by Crippen LogP contribution is 2.21. The van der Waals surface area contributed by atoms with E-state index in [1.807, 2.05) is 0 Å². The number of carboxylic acid groups (broad SMARTS) is 1. The summed E-state index contributed by atoms with van der Waals surface area (Å²) in [6, 6.07) is 2.96. The Bertz CT molecular complexity index is 492. The fourth-order valence-electron chi connectivity index (χ4n) is 1.62. The number of aliphatic carboxylic acids is 1. The molecule has 20 heavy (non-hydrogen) atoms. The molecule has 0 heterocycles. The third-order valence-electron chi connectivity index (χ3n) is 2.65. The lowest BCUT2D eigenvalue weighted by Gasteiger charge is -2.14. The van der Waals surface area contributed by atoms with Gasteiger partial charge in [0.25, 0.3) is 5.91 Å². The monoisotopic (exact) mass is 301 g/mol. The summed E-state index contributed by atoms with van der Waals surface area (Å²) in [6.45, 7) is 0.409. The van der Waals surface area contributed by atoms with Crippen molar-refractivity contribution in [2.75, 3.05) is 13.7 Å². The molecule has 1 rings (SSSR count). The van der Waals surface area contributed by atoms with Crippen LogP contribution in [0.1, 0.15) is 23.2 Å². The quantitative estimate of drug-likeness (QED) is 0.666. The molecule has 1 atom stereocenters. The normalized spacial score (nSPS) is 11.9. The zero-order valence-corrected chi connectivity index (χ0v) is 11.7. The van der Waals surface area contributed by atoms with Crippen molar-refractivity contribution >= 4 is 23.5 Å². The van der Waals surface area contributed by atoms with Gasteiger partial charge in [-0.05, 0) is 31.0 Å². The number of rotatable bonds is 7. The van der Waals surface area contributed by atoms with Crippen molar-refractivity contribution in [2.45, 2.75) is 18.9 Å². The van der Waals surface area contributed by atoms with Crippen LogP contribution in [-0.4, -0.2) is 41.8 Å². The number of nitrogens with one attached hydrogen (secondary N) is 1. The number of carbonyl (C=O) groups is 2. The smallest absolute Gasteiger partial charge is 0.326 e. The number of phenolic OH excluding ortho intramolecular Hbond substituents is 1.